The van der Waals surface area contributed by atoms with Crippen LogP contribution in [0.4, 0.5) is 0 Å². The number of aromatic carboxylic acids is 1. The number of carboxylic acid groups (broad SMARTS) is 1. The fraction of sp³-hybridized carbons (Fsp3) is 0.333. The lowest BCUT2D eigenvalue weighted by molar-refractivity contribution is 0.0697. The largest absolute Gasteiger partial charge is 0.478 e. The number of nitrogens with zero attached hydrogens (tertiary/aromatic N) is 2. The quantitative estimate of drug-likeness (QED) is 0.918. The molecule has 2 aromatic rings. The van der Waals surface area contributed by atoms with Crippen molar-refractivity contribution in [1.82, 2.24) is 9.78 Å². The van der Waals surface area contributed by atoms with E-state index in [-0.39, 0.29) is 5.56 Å². The van der Waals surface area contributed by atoms with Gasteiger partial charge in [-0.2, -0.15) is 5.10 Å². The Hall–Kier alpha value is -1.56. The van der Waals surface area contributed by atoms with Gasteiger partial charge < -0.3 is 9.52 Å². The Morgan fingerprint density at radius 1 is 1.56 bits per heavy atom. The third kappa shape index (κ3) is 2.64. The highest BCUT2D eigenvalue weighted by molar-refractivity contribution is 9.10. The molecule has 0 unspecified atom stereocenters. The van der Waals surface area contributed by atoms with Crippen LogP contribution in [0.2, 0.25) is 0 Å². The van der Waals surface area contributed by atoms with E-state index in [2.05, 4.69) is 28.0 Å². The number of aryl methyl sites for hydroxylation is 1. The number of carboxylic acids is 1. The van der Waals surface area contributed by atoms with Crippen LogP contribution < -0.4 is 0 Å². The maximum Gasteiger partial charge on any atom is 0.339 e. The molecule has 0 aliphatic rings. The van der Waals surface area contributed by atoms with Crippen LogP contribution in [0.15, 0.2) is 27.4 Å². The minimum absolute atomic E-state index is 0.160. The van der Waals surface area contributed by atoms with Crippen molar-refractivity contribution < 1.29 is 14.3 Å². The molecular formula is C12H13BrN2O3. The summed E-state index contributed by atoms with van der Waals surface area (Å²) in [5, 5.41) is 13.4. The van der Waals surface area contributed by atoms with Gasteiger partial charge in [-0.3, -0.25) is 4.68 Å². The van der Waals surface area contributed by atoms with Crippen LogP contribution in [0, 0.1) is 0 Å². The maximum absolute atomic E-state index is 11.2. The van der Waals surface area contributed by atoms with Gasteiger partial charge in [0.15, 0.2) is 10.4 Å². The first kappa shape index (κ1) is 12.9. The van der Waals surface area contributed by atoms with Gasteiger partial charge in [0.25, 0.3) is 0 Å². The SMILES string of the molecule is CCCCn1cc(C(=O)O)c(-c2ccc(Br)o2)n1. The molecule has 0 radical (unpaired) electrons. The molecule has 0 aromatic carbocycles. The van der Waals surface area contributed by atoms with Gasteiger partial charge in [0.2, 0.25) is 0 Å². The Balaban J connectivity index is 2.38. The topological polar surface area (TPSA) is 68.3 Å². The second kappa shape index (κ2) is 5.39. The van der Waals surface area contributed by atoms with E-state index in [1.165, 1.54) is 0 Å². The molecular weight excluding hydrogens is 300 g/mol. The van der Waals surface area contributed by atoms with Gasteiger partial charge in [0.1, 0.15) is 11.3 Å². The molecule has 6 heteroatoms. The number of hydrogen-bond acceptors (Lipinski definition) is 3. The van der Waals surface area contributed by atoms with Gasteiger partial charge in [0, 0.05) is 12.7 Å². The van der Waals surface area contributed by atoms with E-state index in [0.717, 1.165) is 12.8 Å². The molecule has 0 saturated heterocycles. The lowest BCUT2D eigenvalue weighted by Gasteiger charge is -1.97. The summed E-state index contributed by atoms with van der Waals surface area (Å²) in [6.45, 7) is 2.78. The summed E-state index contributed by atoms with van der Waals surface area (Å²) >= 11 is 3.19. The van der Waals surface area contributed by atoms with Crippen LogP contribution in [0.5, 0.6) is 0 Å². The molecule has 2 aromatic heterocycles. The van der Waals surface area contributed by atoms with Crippen LogP contribution in [0.1, 0.15) is 30.1 Å². The van der Waals surface area contributed by atoms with E-state index in [0.29, 0.717) is 22.7 Å². The van der Waals surface area contributed by atoms with Gasteiger partial charge in [-0.1, -0.05) is 13.3 Å². The Morgan fingerprint density at radius 2 is 2.33 bits per heavy atom. The van der Waals surface area contributed by atoms with Crippen LogP contribution >= 0.6 is 15.9 Å². The monoisotopic (exact) mass is 312 g/mol. The van der Waals surface area contributed by atoms with E-state index in [1.54, 1.807) is 23.0 Å². The Labute approximate surface area is 113 Å². The number of hydrogen-bond donors (Lipinski definition) is 1. The molecule has 0 fully saturated rings. The summed E-state index contributed by atoms with van der Waals surface area (Å²) in [5.74, 6) is -0.546. The van der Waals surface area contributed by atoms with Crippen molar-refractivity contribution in [2.24, 2.45) is 0 Å². The minimum atomic E-state index is -1.000. The van der Waals surface area contributed by atoms with E-state index in [1.807, 2.05) is 0 Å². The molecule has 0 aliphatic carbocycles. The number of rotatable bonds is 5. The first-order chi connectivity index (χ1) is 8.61. The third-order valence-electron chi connectivity index (χ3n) is 2.54. The van der Waals surface area contributed by atoms with Crippen molar-refractivity contribution in [3.05, 3.63) is 28.6 Å². The lowest BCUT2D eigenvalue weighted by atomic mass is 10.2. The van der Waals surface area contributed by atoms with Crippen molar-refractivity contribution >= 4 is 21.9 Å². The van der Waals surface area contributed by atoms with E-state index >= 15 is 0 Å². The highest BCUT2D eigenvalue weighted by atomic mass is 79.9. The molecule has 0 aliphatic heterocycles. The fourth-order valence-corrected chi connectivity index (χ4v) is 1.94. The normalized spacial score (nSPS) is 10.8. The highest BCUT2D eigenvalue weighted by Gasteiger charge is 2.19. The number of furan rings is 1. The number of aromatic nitrogens is 2. The molecule has 0 amide bonds. The van der Waals surface area contributed by atoms with Crippen LogP contribution in [-0.4, -0.2) is 20.9 Å². The van der Waals surface area contributed by atoms with Crippen molar-refractivity contribution in [2.75, 3.05) is 0 Å². The molecule has 2 heterocycles. The minimum Gasteiger partial charge on any atom is -0.478 e. The highest BCUT2D eigenvalue weighted by Crippen LogP contribution is 2.26. The average Bonchev–Trinajstić information content (AvgIpc) is 2.92. The molecule has 5 nitrogen and oxygen atoms in total. The molecule has 0 saturated carbocycles. The third-order valence-corrected chi connectivity index (χ3v) is 2.97. The summed E-state index contributed by atoms with van der Waals surface area (Å²) in [6.07, 6.45) is 3.54. The van der Waals surface area contributed by atoms with Gasteiger partial charge in [-0.25, -0.2) is 4.79 Å². The van der Waals surface area contributed by atoms with Gasteiger partial charge in [-0.05, 0) is 34.5 Å². The van der Waals surface area contributed by atoms with Crippen molar-refractivity contribution in [3.63, 3.8) is 0 Å². The van der Waals surface area contributed by atoms with E-state index in [9.17, 15) is 4.79 Å². The summed E-state index contributed by atoms with van der Waals surface area (Å²) in [6, 6.07) is 3.41. The van der Waals surface area contributed by atoms with Crippen LogP contribution in [-0.2, 0) is 6.54 Å². The standard InChI is InChI=1S/C12H13BrN2O3/c1-2-3-6-15-7-8(12(16)17)11(14-15)9-4-5-10(13)18-9/h4-5,7H,2-3,6H2,1H3,(H,16,17). The smallest absolute Gasteiger partial charge is 0.339 e. The van der Waals surface area contributed by atoms with Crippen LogP contribution in [0.3, 0.4) is 0 Å². The zero-order valence-corrected chi connectivity index (χ0v) is 11.5. The first-order valence-electron chi connectivity index (χ1n) is 5.68. The molecule has 1 N–H and O–H groups in total. The second-order valence-electron chi connectivity index (χ2n) is 3.92. The van der Waals surface area contributed by atoms with Gasteiger partial charge in [-0.15, -0.1) is 0 Å². The predicted octanol–water partition coefficient (Wildman–Crippen LogP) is 3.40. The van der Waals surface area contributed by atoms with Crippen LogP contribution in [0.25, 0.3) is 11.5 Å². The van der Waals surface area contributed by atoms with E-state index in [4.69, 9.17) is 9.52 Å². The lowest BCUT2D eigenvalue weighted by Crippen LogP contribution is -1.98. The van der Waals surface area contributed by atoms with Gasteiger partial charge >= 0.3 is 5.97 Å². The molecule has 0 spiro atoms. The average molecular weight is 313 g/mol. The van der Waals surface area contributed by atoms with Gasteiger partial charge in [0.05, 0.1) is 0 Å². The number of unbranched alkanes of at least 4 members (excludes halogenated alkanes) is 1. The fourth-order valence-electron chi connectivity index (χ4n) is 1.64. The summed E-state index contributed by atoms with van der Waals surface area (Å²) in [5.41, 5.74) is 0.525. The Bertz CT molecular complexity index is 559. The number of halogens is 1. The molecule has 18 heavy (non-hydrogen) atoms. The van der Waals surface area contributed by atoms with Crippen molar-refractivity contribution in [2.45, 2.75) is 26.3 Å². The molecule has 0 atom stereocenters. The predicted molar refractivity (Wildman–Crippen MR) is 69.5 cm³/mol. The molecule has 96 valence electrons. The summed E-state index contributed by atoms with van der Waals surface area (Å²) in [7, 11) is 0. The maximum atomic E-state index is 11.2. The Kier molecular flexibility index (Phi) is 3.86. The zero-order valence-electron chi connectivity index (χ0n) is 9.89. The Morgan fingerprint density at radius 3 is 2.89 bits per heavy atom. The molecule has 0 bridgehead atoms. The van der Waals surface area contributed by atoms with Crippen molar-refractivity contribution in [3.8, 4) is 11.5 Å². The van der Waals surface area contributed by atoms with E-state index < -0.39 is 5.97 Å². The van der Waals surface area contributed by atoms with Crippen molar-refractivity contribution in [1.29, 1.82) is 0 Å². The number of carbonyl (C=O) groups is 1. The first-order valence-corrected chi connectivity index (χ1v) is 6.47. The molecule has 2 rings (SSSR count). The second-order valence-corrected chi connectivity index (χ2v) is 4.70. The summed E-state index contributed by atoms with van der Waals surface area (Å²) < 4.78 is 7.56. The zero-order chi connectivity index (χ0) is 13.1. The summed E-state index contributed by atoms with van der Waals surface area (Å²) in [4.78, 5) is 11.2.